The highest BCUT2D eigenvalue weighted by atomic mass is 35.5. The van der Waals surface area contributed by atoms with Gasteiger partial charge in [0.25, 0.3) is 0 Å². The van der Waals surface area contributed by atoms with Crippen LogP contribution in [0.25, 0.3) is 0 Å². The summed E-state index contributed by atoms with van der Waals surface area (Å²) in [7, 11) is 0. The SMILES string of the molecule is NC(=O)CN1CCN(CCOc2ccccc2Cl)CC1. The molecule has 0 atom stereocenters. The minimum atomic E-state index is -0.263. The molecule has 1 aliphatic rings. The third-order valence-corrected chi connectivity index (χ3v) is 3.66. The molecule has 1 aromatic carbocycles. The Morgan fingerprint density at radius 1 is 1.20 bits per heavy atom. The summed E-state index contributed by atoms with van der Waals surface area (Å²) in [6, 6.07) is 7.48. The standard InChI is InChI=1S/C14H20ClN3O2/c15-12-3-1-2-4-13(12)20-10-9-17-5-7-18(8-6-17)11-14(16)19/h1-4H,5-11H2,(H2,16,19). The molecule has 1 fully saturated rings. The molecule has 0 unspecified atom stereocenters. The number of carbonyl (C=O) groups is 1. The van der Waals surface area contributed by atoms with Gasteiger partial charge in [-0.3, -0.25) is 14.6 Å². The molecule has 1 amide bonds. The Kier molecular flexibility index (Phi) is 5.64. The van der Waals surface area contributed by atoms with Gasteiger partial charge in [0, 0.05) is 32.7 Å². The fourth-order valence-electron chi connectivity index (χ4n) is 2.24. The zero-order valence-corrected chi connectivity index (χ0v) is 12.2. The number of primary amides is 1. The van der Waals surface area contributed by atoms with Crippen molar-refractivity contribution in [1.82, 2.24) is 9.80 Å². The molecule has 0 radical (unpaired) electrons. The molecule has 110 valence electrons. The third kappa shape index (κ3) is 4.67. The summed E-state index contributed by atoms with van der Waals surface area (Å²) in [4.78, 5) is 15.2. The predicted molar refractivity (Wildman–Crippen MR) is 79.0 cm³/mol. The molecule has 0 aliphatic carbocycles. The van der Waals surface area contributed by atoms with Crippen molar-refractivity contribution < 1.29 is 9.53 Å². The molecule has 0 spiro atoms. The number of hydrogen-bond acceptors (Lipinski definition) is 4. The van der Waals surface area contributed by atoms with Crippen LogP contribution in [-0.2, 0) is 4.79 Å². The third-order valence-electron chi connectivity index (χ3n) is 3.35. The average molecular weight is 298 g/mol. The molecule has 0 bridgehead atoms. The van der Waals surface area contributed by atoms with Gasteiger partial charge in [-0.15, -0.1) is 0 Å². The number of para-hydroxylation sites is 1. The molecule has 20 heavy (non-hydrogen) atoms. The second-order valence-electron chi connectivity index (χ2n) is 4.86. The number of nitrogens with zero attached hydrogens (tertiary/aromatic N) is 2. The van der Waals surface area contributed by atoms with Crippen molar-refractivity contribution in [1.29, 1.82) is 0 Å². The van der Waals surface area contributed by atoms with Crippen LogP contribution in [0.1, 0.15) is 0 Å². The Balaban J connectivity index is 1.66. The maximum Gasteiger partial charge on any atom is 0.231 e. The number of rotatable bonds is 6. The van der Waals surface area contributed by atoms with Gasteiger partial charge in [0.1, 0.15) is 12.4 Å². The fourth-order valence-corrected chi connectivity index (χ4v) is 2.43. The molecule has 1 aromatic rings. The van der Waals surface area contributed by atoms with Crippen molar-refractivity contribution in [3.8, 4) is 5.75 Å². The van der Waals surface area contributed by atoms with Gasteiger partial charge >= 0.3 is 0 Å². The molecular formula is C14H20ClN3O2. The molecule has 2 N–H and O–H groups in total. The van der Waals surface area contributed by atoms with Crippen LogP contribution in [-0.4, -0.2) is 61.6 Å². The van der Waals surface area contributed by atoms with E-state index in [2.05, 4.69) is 9.80 Å². The Labute approximate surface area is 124 Å². The van der Waals surface area contributed by atoms with Crippen molar-refractivity contribution in [2.45, 2.75) is 0 Å². The van der Waals surface area contributed by atoms with Gasteiger partial charge in [-0.05, 0) is 12.1 Å². The maximum absolute atomic E-state index is 10.8. The fraction of sp³-hybridized carbons (Fsp3) is 0.500. The van der Waals surface area contributed by atoms with Crippen LogP contribution >= 0.6 is 11.6 Å². The molecular weight excluding hydrogens is 278 g/mol. The van der Waals surface area contributed by atoms with E-state index in [0.717, 1.165) is 38.5 Å². The van der Waals surface area contributed by atoms with Crippen LogP contribution in [0.15, 0.2) is 24.3 Å². The van der Waals surface area contributed by atoms with Crippen molar-refractivity contribution in [2.75, 3.05) is 45.9 Å². The predicted octanol–water partition coefficient (Wildman–Crippen LogP) is 0.822. The number of hydrogen-bond donors (Lipinski definition) is 1. The lowest BCUT2D eigenvalue weighted by Crippen LogP contribution is -2.49. The number of piperazine rings is 1. The summed E-state index contributed by atoms with van der Waals surface area (Å²) in [5.74, 6) is 0.460. The van der Waals surface area contributed by atoms with Crippen LogP contribution in [0.2, 0.25) is 5.02 Å². The number of benzene rings is 1. The minimum Gasteiger partial charge on any atom is -0.491 e. The lowest BCUT2D eigenvalue weighted by atomic mass is 10.3. The van der Waals surface area contributed by atoms with Gasteiger partial charge in [0.2, 0.25) is 5.91 Å². The molecule has 1 aliphatic heterocycles. The van der Waals surface area contributed by atoms with Crippen molar-refractivity contribution >= 4 is 17.5 Å². The van der Waals surface area contributed by atoms with Gasteiger partial charge in [-0.2, -0.15) is 0 Å². The van der Waals surface area contributed by atoms with Crippen LogP contribution < -0.4 is 10.5 Å². The molecule has 1 saturated heterocycles. The van der Waals surface area contributed by atoms with Crippen molar-refractivity contribution in [3.63, 3.8) is 0 Å². The number of ether oxygens (including phenoxy) is 1. The smallest absolute Gasteiger partial charge is 0.231 e. The second-order valence-corrected chi connectivity index (χ2v) is 5.27. The number of nitrogens with two attached hydrogens (primary N) is 1. The quantitative estimate of drug-likeness (QED) is 0.845. The largest absolute Gasteiger partial charge is 0.491 e. The lowest BCUT2D eigenvalue weighted by Gasteiger charge is -2.33. The second kappa shape index (κ2) is 7.47. The molecule has 0 saturated carbocycles. The van der Waals surface area contributed by atoms with Gasteiger partial charge in [0.05, 0.1) is 11.6 Å². The maximum atomic E-state index is 10.8. The number of carbonyl (C=O) groups excluding carboxylic acids is 1. The normalized spacial score (nSPS) is 17.1. The average Bonchev–Trinajstić information content (AvgIpc) is 2.42. The van der Waals surface area contributed by atoms with E-state index in [1.807, 2.05) is 24.3 Å². The van der Waals surface area contributed by atoms with Crippen LogP contribution in [0.5, 0.6) is 5.75 Å². The van der Waals surface area contributed by atoms with E-state index in [1.54, 1.807) is 0 Å². The Bertz CT molecular complexity index is 448. The van der Waals surface area contributed by atoms with E-state index >= 15 is 0 Å². The highest BCUT2D eigenvalue weighted by Crippen LogP contribution is 2.22. The van der Waals surface area contributed by atoms with Gasteiger partial charge < -0.3 is 10.5 Å². The van der Waals surface area contributed by atoms with Crippen LogP contribution in [0.3, 0.4) is 0 Å². The first-order chi connectivity index (χ1) is 9.65. The van der Waals surface area contributed by atoms with Crippen molar-refractivity contribution in [2.24, 2.45) is 5.73 Å². The van der Waals surface area contributed by atoms with E-state index in [9.17, 15) is 4.79 Å². The molecule has 2 rings (SSSR count). The summed E-state index contributed by atoms with van der Waals surface area (Å²) in [6.45, 7) is 5.42. The summed E-state index contributed by atoms with van der Waals surface area (Å²) in [5, 5.41) is 0.638. The Morgan fingerprint density at radius 3 is 2.50 bits per heavy atom. The number of halogens is 1. The first-order valence-corrected chi connectivity index (χ1v) is 7.13. The van der Waals surface area contributed by atoms with E-state index in [-0.39, 0.29) is 5.91 Å². The Morgan fingerprint density at radius 2 is 1.85 bits per heavy atom. The topological polar surface area (TPSA) is 58.8 Å². The minimum absolute atomic E-state index is 0.263. The van der Waals surface area contributed by atoms with Gasteiger partial charge in [0.15, 0.2) is 0 Å². The van der Waals surface area contributed by atoms with E-state index in [4.69, 9.17) is 22.1 Å². The summed E-state index contributed by atoms with van der Waals surface area (Å²) in [5.41, 5.74) is 5.19. The molecule has 1 heterocycles. The molecule has 5 nitrogen and oxygen atoms in total. The lowest BCUT2D eigenvalue weighted by molar-refractivity contribution is -0.119. The monoisotopic (exact) mass is 297 g/mol. The number of amides is 1. The van der Waals surface area contributed by atoms with Gasteiger partial charge in [-0.1, -0.05) is 23.7 Å². The zero-order chi connectivity index (χ0) is 14.4. The first-order valence-electron chi connectivity index (χ1n) is 6.75. The highest BCUT2D eigenvalue weighted by Gasteiger charge is 2.17. The van der Waals surface area contributed by atoms with E-state index in [0.29, 0.717) is 18.2 Å². The molecule has 6 heteroatoms. The van der Waals surface area contributed by atoms with E-state index in [1.165, 1.54) is 0 Å². The summed E-state index contributed by atoms with van der Waals surface area (Å²) in [6.07, 6.45) is 0. The van der Waals surface area contributed by atoms with Crippen molar-refractivity contribution in [3.05, 3.63) is 29.3 Å². The summed E-state index contributed by atoms with van der Waals surface area (Å²) >= 11 is 6.02. The zero-order valence-electron chi connectivity index (χ0n) is 11.4. The van der Waals surface area contributed by atoms with Crippen LogP contribution in [0.4, 0.5) is 0 Å². The van der Waals surface area contributed by atoms with Crippen LogP contribution in [0, 0.1) is 0 Å². The molecule has 0 aromatic heterocycles. The first kappa shape index (κ1) is 15.1. The van der Waals surface area contributed by atoms with Gasteiger partial charge in [-0.25, -0.2) is 0 Å². The summed E-state index contributed by atoms with van der Waals surface area (Å²) < 4.78 is 5.67. The Hall–Kier alpha value is -1.30. The van der Waals surface area contributed by atoms with E-state index < -0.39 is 0 Å². The highest BCUT2D eigenvalue weighted by molar-refractivity contribution is 6.32.